The van der Waals surface area contributed by atoms with Crippen molar-refractivity contribution in [3.05, 3.63) is 34.1 Å². The van der Waals surface area contributed by atoms with Crippen LogP contribution in [0.3, 0.4) is 0 Å². The Morgan fingerprint density at radius 1 is 1.39 bits per heavy atom. The number of fused-ring (bicyclic) bond motifs is 2. The van der Waals surface area contributed by atoms with Crippen LogP contribution >= 0.6 is 0 Å². The van der Waals surface area contributed by atoms with E-state index < -0.39 is 0 Å². The minimum absolute atomic E-state index is 0.0109. The molecular formula is C13H13N3O2. The number of ether oxygens (including phenoxy) is 1. The number of aryl methyl sites for hydroxylation is 2. The van der Waals surface area contributed by atoms with E-state index in [0.29, 0.717) is 22.2 Å². The molecule has 92 valence electrons. The van der Waals surface area contributed by atoms with Crippen LogP contribution in [0, 0.1) is 6.92 Å². The number of aromatic amines is 1. The molecule has 0 saturated carbocycles. The van der Waals surface area contributed by atoms with E-state index in [9.17, 15) is 4.79 Å². The SMILES string of the molecule is COc1ccc2[nH]c3nn(C)c(C)c3c(=O)c2c1. The number of H-pyrrole nitrogens is 1. The predicted octanol–water partition coefficient (Wildman–Crippen LogP) is 1.73. The maximum Gasteiger partial charge on any atom is 0.200 e. The summed E-state index contributed by atoms with van der Waals surface area (Å²) in [5.41, 5.74) is 2.24. The van der Waals surface area contributed by atoms with E-state index in [1.54, 1.807) is 17.9 Å². The summed E-state index contributed by atoms with van der Waals surface area (Å²) in [6, 6.07) is 5.40. The summed E-state index contributed by atoms with van der Waals surface area (Å²) in [6.45, 7) is 1.89. The molecule has 0 amide bonds. The van der Waals surface area contributed by atoms with Crippen LogP contribution in [0.1, 0.15) is 5.69 Å². The molecule has 0 atom stereocenters. The zero-order valence-electron chi connectivity index (χ0n) is 10.4. The summed E-state index contributed by atoms with van der Waals surface area (Å²) < 4.78 is 6.86. The second kappa shape index (κ2) is 3.60. The van der Waals surface area contributed by atoms with Gasteiger partial charge in [-0.1, -0.05) is 0 Å². The van der Waals surface area contributed by atoms with Gasteiger partial charge in [0, 0.05) is 18.1 Å². The smallest absolute Gasteiger partial charge is 0.200 e. The van der Waals surface area contributed by atoms with Crippen molar-refractivity contribution in [2.45, 2.75) is 6.92 Å². The Labute approximate surface area is 103 Å². The molecule has 0 aliphatic rings. The fourth-order valence-corrected chi connectivity index (χ4v) is 2.18. The first-order valence-electron chi connectivity index (χ1n) is 5.65. The van der Waals surface area contributed by atoms with Crippen LogP contribution in [0.25, 0.3) is 21.9 Å². The minimum atomic E-state index is -0.0109. The fraction of sp³-hybridized carbons (Fsp3) is 0.231. The third kappa shape index (κ3) is 1.33. The molecule has 5 nitrogen and oxygen atoms in total. The molecule has 0 bridgehead atoms. The van der Waals surface area contributed by atoms with Crippen LogP contribution in [0.5, 0.6) is 5.75 Å². The number of benzene rings is 1. The van der Waals surface area contributed by atoms with Gasteiger partial charge >= 0.3 is 0 Å². The Morgan fingerprint density at radius 3 is 2.89 bits per heavy atom. The van der Waals surface area contributed by atoms with Crippen molar-refractivity contribution in [2.75, 3.05) is 7.11 Å². The van der Waals surface area contributed by atoms with Crippen molar-refractivity contribution in [3.8, 4) is 5.75 Å². The maximum atomic E-state index is 12.5. The fourth-order valence-electron chi connectivity index (χ4n) is 2.18. The van der Waals surface area contributed by atoms with Gasteiger partial charge in [-0.3, -0.25) is 9.48 Å². The van der Waals surface area contributed by atoms with Gasteiger partial charge < -0.3 is 9.72 Å². The molecule has 0 saturated heterocycles. The molecule has 1 N–H and O–H groups in total. The number of rotatable bonds is 1. The summed E-state index contributed by atoms with van der Waals surface area (Å²) in [6.07, 6.45) is 0. The lowest BCUT2D eigenvalue weighted by atomic mass is 10.1. The van der Waals surface area contributed by atoms with Gasteiger partial charge in [-0.25, -0.2) is 0 Å². The molecule has 2 heterocycles. The van der Waals surface area contributed by atoms with Crippen molar-refractivity contribution in [1.82, 2.24) is 14.8 Å². The van der Waals surface area contributed by atoms with E-state index in [1.807, 2.05) is 26.1 Å². The average Bonchev–Trinajstić information content (AvgIpc) is 2.65. The first-order chi connectivity index (χ1) is 8.61. The van der Waals surface area contributed by atoms with Crippen molar-refractivity contribution < 1.29 is 4.74 Å². The standard InChI is InChI=1S/C13H13N3O2/c1-7-11-12(17)9-6-8(18-3)4-5-10(9)14-13(11)15-16(7)2/h4-6H,1-3H3,(H,14,15). The Bertz CT molecular complexity index is 814. The molecule has 0 spiro atoms. The zero-order chi connectivity index (χ0) is 12.9. The summed E-state index contributed by atoms with van der Waals surface area (Å²) >= 11 is 0. The molecule has 0 fully saturated rings. The highest BCUT2D eigenvalue weighted by atomic mass is 16.5. The van der Waals surface area contributed by atoms with Gasteiger partial charge in [-0.15, -0.1) is 0 Å². The van der Waals surface area contributed by atoms with Crippen molar-refractivity contribution in [3.63, 3.8) is 0 Å². The molecule has 0 aliphatic carbocycles. The number of nitrogens with zero attached hydrogens (tertiary/aromatic N) is 2. The largest absolute Gasteiger partial charge is 0.497 e. The third-order valence-electron chi connectivity index (χ3n) is 3.29. The van der Waals surface area contributed by atoms with Crippen molar-refractivity contribution in [1.29, 1.82) is 0 Å². The molecule has 1 aromatic carbocycles. The van der Waals surface area contributed by atoms with Gasteiger partial charge in [-0.2, -0.15) is 5.10 Å². The molecule has 3 aromatic rings. The normalized spacial score (nSPS) is 11.3. The van der Waals surface area contributed by atoms with Gasteiger partial charge in [0.2, 0.25) is 5.43 Å². The number of aromatic nitrogens is 3. The number of hydrogen-bond acceptors (Lipinski definition) is 3. The van der Waals surface area contributed by atoms with Gasteiger partial charge in [0.05, 0.1) is 18.0 Å². The predicted molar refractivity (Wildman–Crippen MR) is 70.1 cm³/mol. The third-order valence-corrected chi connectivity index (χ3v) is 3.29. The Morgan fingerprint density at radius 2 is 2.17 bits per heavy atom. The quantitative estimate of drug-likeness (QED) is 0.708. The lowest BCUT2D eigenvalue weighted by Crippen LogP contribution is -2.04. The number of nitrogens with one attached hydrogen (secondary N) is 1. The van der Waals surface area contributed by atoms with E-state index in [0.717, 1.165) is 11.2 Å². The second-order valence-corrected chi connectivity index (χ2v) is 4.30. The molecule has 0 unspecified atom stereocenters. The number of methoxy groups -OCH3 is 1. The van der Waals surface area contributed by atoms with E-state index in [-0.39, 0.29) is 5.43 Å². The summed E-state index contributed by atoms with van der Waals surface area (Å²) in [5.74, 6) is 0.675. The summed E-state index contributed by atoms with van der Waals surface area (Å²) in [5, 5.41) is 5.56. The van der Waals surface area contributed by atoms with E-state index >= 15 is 0 Å². The molecule has 18 heavy (non-hydrogen) atoms. The van der Waals surface area contributed by atoms with Gasteiger partial charge in [0.15, 0.2) is 5.65 Å². The zero-order valence-corrected chi connectivity index (χ0v) is 10.4. The maximum absolute atomic E-state index is 12.5. The molecule has 0 radical (unpaired) electrons. The Hall–Kier alpha value is -2.30. The Kier molecular flexibility index (Phi) is 2.16. The van der Waals surface area contributed by atoms with E-state index in [1.165, 1.54) is 0 Å². The molecule has 2 aromatic heterocycles. The van der Waals surface area contributed by atoms with E-state index in [4.69, 9.17) is 4.74 Å². The average molecular weight is 243 g/mol. The van der Waals surface area contributed by atoms with Crippen LogP contribution in [-0.4, -0.2) is 21.9 Å². The molecular weight excluding hydrogens is 230 g/mol. The Balaban J connectivity index is 2.53. The van der Waals surface area contributed by atoms with Crippen LogP contribution in [-0.2, 0) is 7.05 Å². The van der Waals surface area contributed by atoms with Crippen LogP contribution in [0.15, 0.2) is 23.0 Å². The highest BCUT2D eigenvalue weighted by molar-refractivity contribution is 5.92. The van der Waals surface area contributed by atoms with Gasteiger partial charge in [0.25, 0.3) is 0 Å². The summed E-state index contributed by atoms with van der Waals surface area (Å²) in [7, 11) is 3.41. The first-order valence-corrected chi connectivity index (χ1v) is 5.65. The van der Waals surface area contributed by atoms with Gasteiger partial charge in [-0.05, 0) is 25.1 Å². The number of hydrogen-bond donors (Lipinski definition) is 1. The molecule has 0 aliphatic heterocycles. The molecule has 5 heteroatoms. The van der Waals surface area contributed by atoms with Gasteiger partial charge in [0.1, 0.15) is 5.75 Å². The van der Waals surface area contributed by atoms with Crippen molar-refractivity contribution >= 4 is 21.9 Å². The van der Waals surface area contributed by atoms with Crippen LogP contribution in [0.2, 0.25) is 0 Å². The summed E-state index contributed by atoms with van der Waals surface area (Å²) in [4.78, 5) is 15.6. The second-order valence-electron chi connectivity index (χ2n) is 4.30. The van der Waals surface area contributed by atoms with Crippen LogP contribution < -0.4 is 10.2 Å². The van der Waals surface area contributed by atoms with Crippen LogP contribution in [0.4, 0.5) is 0 Å². The first kappa shape index (κ1) is 10.8. The highest BCUT2D eigenvalue weighted by Gasteiger charge is 2.12. The lowest BCUT2D eigenvalue weighted by Gasteiger charge is -2.02. The van der Waals surface area contributed by atoms with E-state index in [2.05, 4.69) is 10.1 Å². The topological polar surface area (TPSA) is 59.9 Å². The number of pyridine rings is 1. The molecule has 3 rings (SSSR count). The lowest BCUT2D eigenvalue weighted by molar-refractivity contribution is 0.415. The highest BCUT2D eigenvalue weighted by Crippen LogP contribution is 2.20. The monoisotopic (exact) mass is 243 g/mol. The minimum Gasteiger partial charge on any atom is -0.497 e. The van der Waals surface area contributed by atoms with Crippen molar-refractivity contribution in [2.24, 2.45) is 7.05 Å².